The van der Waals surface area contributed by atoms with Crippen molar-refractivity contribution in [3.63, 3.8) is 0 Å². The van der Waals surface area contributed by atoms with Gasteiger partial charge in [-0.3, -0.25) is 4.79 Å². The summed E-state index contributed by atoms with van der Waals surface area (Å²) >= 11 is 0. The molecule has 1 aliphatic rings. The number of amides is 1. The topological polar surface area (TPSA) is 67.0 Å². The summed E-state index contributed by atoms with van der Waals surface area (Å²) in [5, 5.41) is 2.99. The standard InChI is InChI=1S/C13H21N3O2/c1-8(7-18-3)14-13(17)10-4-5-11-12(6-10)16-9(2)15-11/h8,10H,4-7H2,1-3H3,(H,14,17)(H,15,16). The van der Waals surface area contributed by atoms with Crippen molar-refractivity contribution < 1.29 is 9.53 Å². The highest BCUT2D eigenvalue weighted by Gasteiger charge is 2.27. The van der Waals surface area contributed by atoms with Crippen molar-refractivity contribution in [2.24, 2.45) is 5.92 Å². The van der Waals surface area contributed by atoms with Crippen LogP contribution >= 0.6 is 0 Å². The first-order valence-corrected chi connectivity index (χ1v) is 6.43. The van der Waals surface area contributed by atoms with Crippen LogP contribution in [0.1, 0.15) is 30.6 Å². The van der Waals surface area contributed by atoms with Gasteiger partial charge >= 0.3 is 0 Å². The first-order chi connectivity index (χ1) is 8.60. The second-order valence-electron chi connectivity index (χ2n) is 5.05. The lowest BCUT2D eigenvalue weighted by molar-refractivity contribution is -0.126. The quantitative estimate of drug-likeness (QED) is 0.838. The molecule has 5 heteroatoms. The van der Waals surface area contributed by atoms with Gasteiger partial charge in [-0.25, -0.2) is 4.98 Å². The van der Waals surface area contributed by atoms with Gasteiger partial charge in [-0.2, -0.15) is 0 Å². The predicted octanol–water partition coefficient (Wildman–Crippen LogP) is 0.974. The number of hydrogen-bond acceptors (Lipinski definition) is 3. The number of H-pyrrole nitrogens is 1. The fourth-order valence-corrected chi connectivity index (χ4v) is 2.50. The Labute approximate surface area is 107 Å². The van der Waals surface area contributed by atoms with Crippen LogP contribution < -0.4 is 5.32 Å². The van der Waals surface area contributed by atoms with Crippen molar-refractivity contribution >= 4 is 5.91 Å². The molecule has 1 aromatic heterocycles. The van der Waals surface area contributed by atoms with E-state index in [9.17, 15) is 4.79 Å². The van der Waals surface area contributed by atoms with Crippen LogP contribution in [-0.2, 0) is 22.4 Å². The van der Waals surface area contributed by atoms with Crippen LogP contribution in [-0.4, -0.2) is 35.6 Å². The van der Waals surface area contributed by atoms with Gasteiger partial charge in [0.2, 0.25) is 5.91 Å². The minimum absolute atomic E-state index is 0.0525. The molecule has 0 bridgehead atoms. The third-order valence-corrected chi connectivity index (χ3v) is 3.34. The molecule has 0 spiro atoms. The Morgan fingerprint density at radius 1 is 1.67 bits per heavy atom. The van der Waals surface area contributed by atoms with Gasteiger partial charge in [0, 0.05) is 31.2 Å². The second kappa shape index (κ2) is 5.52. The maximum atomic E-state index is 12.1. The average molecular weight is 251 g/mol. The SMILES string of the molecule is COCC(C)NC(=O)C1CCc2nc(C)[nH]c2C1. The monoisotopic (exact) mass is 251 g/mol. The third-order valence-electron chi connectivity index (χ3n) is 3.34. The van der Waals surface area contributed by atoms with Crippen molar-refractivity contribution in [2.45, 2.75) is 39.2 Å². The zero-order valence-electron chi connectivity index (χ0n) is 11.2. The lowest BCUT2D eigenvalue weighted by atomic mass is 9.89. The summed E-state index contributed by atoms with van der Waals surface area (Å²) in [6.45, 7) is 4.46. The first-order valence-electron chi connectivity index (χ1n) is 6.43. The van der Waals surface area contributed by atoms with Crippen LogP contribution in [0.3, 0.4) is 0 Å². The number of aryl methyl sites for hydroxylation is 2. The summed E-state index contributed by atoms with van der Waals surface area (Å²) in [6, 6.07) is 0.0624. The molecule has 0 saturated heterocycles. The van der Waals surface area contributed by atoms with E-state index in [0.717, 1.165) is 36.5 Å². The van der Waals surface area contributed by atoms with Gasteiger partial charge in [0.1, 0.15) is 5.82 Å². The van der Waals surface area contributed by atoms with Crippen LogP contribution in [0.5, 0.6) is 0 Å². The molecule has 1 aromatic rings. The molecule has 100 valence electrons. The Kier molecular flexibility index (Phi) is 4.01. The number of nitrogens with one attached hydrogen (secondary N) is 2. The number of aromatic nitrogens is 2. The normalized spacial score (nSPS) is 20.3. The largest absolute Gasteiger partial charge is 0.383 e. The van der Waals surface area contributed by atoms with E-state index in [1.54, 1.807) is 7.11 Å². The molecule has 0 aliphatic heterocycles. The number of rotatable bonds is 4. The van der Waals surface area contributed by atoms with Crippen molar-refractivity contribution in [2.75, 3.05) is 13.7 Å². The molecule has 0 aromatic carbocycles. The van der Waals surface area contributed by atoms with E-state index in [4.69, 9.17) is 4.74 Å². The van der Waals surface area contributed by atoms with Gasteiger partial charge in [0.25, 0.3) is 0 Å². The summed E-state index contributed by atoms with van der Waals surface area (Å²) < 4.78 is 5.02. The Hall–Kier alpha value is -1.36. The number of methoxy groups -OCH3 is 1. The average Bonchev–Trinajstić information content (AvgIpc) is 2.68. The zero-order chi connectivity index (χ0) is 13.1. The molecule has 1 aliphatic carbocycles. The molecule has 2 atom stereocenters. The van der Waals surface area contributed by atoms with Crippen LogP contribution in [0.2, 0.25) is 0 Å². The van der Waals surface area contributed by atoms with Gasteiger partial charge in [0.05, 0.1) is 12.3 Å². The van der Waals surface area contributed by atoms with E-state index in [-0.39, 0.29) is 17.9 Å². The predicted molar refractivity (Wildman–Crippen MR) is 68.3 cm³/mol. The highest BCUT2D eigenvalue weighted by atomic mass is 16.5. The van der Waals surface area contributed by atoms with E-state index < -0.39 is 0 Å². The molecule has 2 N–H and O–H groups in total. The number of carbonyl (C=O) groups is 1. The Balaban J connectivity index is 1.94. The van der Waals surface area contributed by atoms with Gasteiger partial charge in [-0.1, -0.05) is 0 Å². The fourth-order valence-electron chi connectivity index (χ4n) is 2.50. The van der Waals surface area contributed by atoms with Gasteiger partial charge in [-0.05, 0) is 26.7 Å². The van der Waals surface area contributed by atoms with Crippen molar-refractivity contribution in [1.29, 1.82) is 0 Å². The molecule has 0 fully saturated rings. The maximum absolute atomic E-state index is 12.1. The van der Waals surface area contributed by atoms with E-state index in [1.165, 1.54) is 0 Å². The van der Waals surface area contributed by atoms with Crippen molar-refractivity contribution in [3.8, 4) is 0 Å². The summed E-state index contributed by atoms with van der Waals surface area (Å²) in [5.41, 5.74) is 2.25. The lowest BCUT2D eigenvalue weighted by Crippen LogP contribution is -2.41. The molecule has 1 amide bonds. The van der Waals surface area contributed by atoms with Crippen molar-refractivity contribution in [1.82, 2.24) is 15.3 Å². The number of nitrogens with zero attached hydrogens (tertiary/aromatic N) is 1. The van der Waals surface area contributed by atoms with E-state index in [2.05, 4.69) is 15.3 Å². The molecule has 5 nitrogen and oxygen atoms in total. The number of aromatic amines is 1. The third kappa shape index (κ3) is 2.90. The Bertz CT molecular complexity index is 428. The minimum Gasteiger partial charge on any atom is -0.383 e. The lowest BCUT2D eigenvalue weighted by Gasteiger charge is -2.22. The smallest absolute Gasteiger partial charge is 0.223 e. The van der Waals surface area contributed by atoms with Gasteiger partial charge < -0.3 is 15.0 Å². The van der Waals surface area contributed by atoms with Gasteiger partial charge in [-0.15, -0.1) is 0 Å². The van der Waals surface area contributed by atoms with Crippen LogP contribution in [0, 0.1) is 12.8 Å². The molecular weight excluding hydrogens is 230 g/mol. The Morgan fingerprint density at radius 2 is 2.44 bits per heavy atom. The summed E-state index contributed by atoms with van der Waals surface area (Å²) in [6.07, 6.45) is 2.53. The highest BCUT2D eigenvalue weighted by Crippen LogP contribution is 2.24. The van der Waals surface area contributed by atoms with Crippen LogP contribution in [0.4, 0.5) is 0 Å². The summed E-state index contributed by atoms with van der Waals surface area (Å²) in [4.78, 5) is 19.8. The molecule has 2 unspecified atom stereocenters. The molecule has 2 rings (SSSR count). The number of imidazole rings is 1. The second-order valence-corrected chi connectivity index (χ2v) is 5.05. The van der Waals surface area contributed by atoms with Gasteiger partial charge in [0.15, 0.2) is 0 Å². The molecule has 18 heavy (non-hydrogen) atoms. The molecule has 1 heterocycles. The fraction of sp³-hybridized carbons (Fsp3) is 0.692. The molecule has 0 radical (unpaired) electrons. The van der Waals surface area contributed by atoms with Crippen molar-refractivity contribution in [3.05, 3.63) is 17.2 Å². The summed E-state index contributed by atoms with van der Waals surface area (Å²) in [5.74, 6) is 1.11. The summed E-state index contributed by atoms with van der Waals surface area (Å²) in [7, 11) is 1.64. The molecule has 0 saturated carbocycles. The van der Waals surface area contributed by atoms with E-state index >= 15 is 0 Å². The van der Waals surface area contributed by atoms with E-state index in [1.807, 2.05) is 13.8 Å². The van der Waals surface area contributed by atoms with E-state index in [0.29, 0.717) is 6.61 Å². The Morgan fingerprint density at radius 3 is 3.17 bits per heavy atom. The van der Waals surface area contributed by atoms with Crippen LogP contribution in [0.15, 0.2) is 0 Å². The zero-order valence-corrected chi connectivity index (χ0v) is 11.2. The molecular formula is C13H21N3O2. The maximum Gasteiger partial charge on any atom is 0.223 e. The highest BCUT2D eigenvalue weighted by molar-refractivity contribution is 5.79. The van der Waals surface area contributed by atoms with Crippen LogP contribution in [0.25, 0.3) is 0 Å². The number of fused-ring (bicyclic) bond motifs is 1. The minimum atomic E-state index is 0.0525. The number of hydrogen-bond donors (Lipinski definition) is 2. The number of ether oxygens (including phenoxy) is 1. The first kappa shape index (κ1) is 13.1. The number of carbonyl (C=O) groups excluding carboxylic acids is 1.